The fourth-order valence-electron chi connectivity index (χ4n) is 9.00. The Kier molecular flexibility index (Phi) is 4.66. The molecule has 2 aliphatic carbocycles. The van der Waals surface area contributed by atoms with Gasteiger partial charge in [-0.1, -0.05) is 121 Å². The number of rotatable bonds is 1. The molecule has 0 radical (unpaired) electrons. The SMILES string of the molecule is O=c1oc2ccccc2c2c(-n3c4ccccc4c4c5c(ccc43)C3(c4ccccc4-c4ccccc43)c3ccccc3-5)cccc12. The summed E-state index contributed by atoms with van der Waals surface area (Å²) in [5, 5.41) is 4.83. The van der Waals surface area contributed by atoms with Gasteiger partial charge in [-0.15, -0.1) is 0 Å². The molecular weight excluding hydrogens is 574 g/mol. The van der Waals surface area contributed by atoms with E-state index in [0.29, 0.717) is 11.0 Å². The Hall–Kier alpha value is -6.19. The Labute approximate surface area is 269 Å². The van der Waals surface area contributed by atoms with Gasteiger partial charge in [-0.3, -0.25) is 0 Å². The summed E-state index contributed by atoms with van der Waals surface area (Å²) in [5.74, 6) is 0. The van der Waals surface area contributed by atoms with Crippen molar-refractivity contribution in [2.75, 3.05) is 0 Å². The molecule has 1 spiro atoms. The molecule has 0 saturated carbocycles. The number of benzene rings is 7. The van der Waals surface area contributed by atoms with E-state index in [1.807, 2.05) is 36.4 Å². The van der Waals surface area contributed by atoms with E-state index in [9.17, 15) is 4.79 Å². The van der Waals surface area contributed by atoms with E-state index in [2.05, 4.69) is 120 Å². The maximum Gasteiger partial charge on any atom is 0.344 e. The number of fused-ring (bicyclic) bond motifs is 17. The van der Waals surface area contributed by atoms with Crippen molar-refractivity contribution in [2.24, 2.45) is 0 Å². The van der Waals surface area contributed by atoms with Crippen LogP contribution in [0.1, 0.15) is 22.3 Å². The third-order valence-corrected chi connectivity index (χ3v) is 10.7. The highest BCUT2D eigenvalue weighted by atomic mass is 16.4. The summed E-state index contributed by atoms with van der Waals surface area (Å²) in [6.07, 6.45) is 0. The first kappa shape index (κ1) is 25.1. The van der Waals surface area contributed by atoms with Crippen molar-refractivity contribution in [3.05, 3.63) is 184 Å². The molecule has 0 saturated heterocycles. The van der Waals surface area contributed by atoms with Crippen LogP contribution in [0, 0.1) is 0 Å². The molecule has 3 heteroatoms. The molecule has 0 atom stereocenters. The minimum absolute atomic E-state index is 0.323. The zero-order valence-corrected chi connectivity index (χ0v) is 25.2. The summed E-state index contributed by atoms with van der Waals surface area (Å²) < 4.78 is 8.12. The van der Waals surface area contributed by atoms with Gasteiger partial charge < -0.3 is 8.98 Å². The average Bonchev–Trinajstić information content (AvgIpc) is 3.73. The Morgan fingerprint density at radius 1 is 0.447 bits per heavy atom. The van der Waals surface area contributed by atoms with Crippen molar-refractivity contribution in [3.8, 4) is 27.9 Å². The van der Waals surface area contributed by atoms with Gasteiger partial charge in [0, 0.05) is 21.5 Å². The van der Waals surface area contributed by atoms with E-state index in [0.717, 1.165) is 27.5 Å². The van der Waals surface area contributed by atoms with Gasteiger partial charge >= 0.3 is 5.63 Å². The molecule has 0 fully saturated rings. The summed E-state index contributed by atoms with van der Waals surface area (Å²) in [6.45, 7) is 0. The van der Waals surface area contributed by atoms with Gasteiger partial charge in [-0.05, 0) is 74.8 Å². The summed E-state index contributed by atoms with van der Waals surface area (Å²) in [5.41, 5.74) is 13.5. The van der Waals surface area contributed by atoms with Crippen molar-refractivity contribution in [1.29, 1.82) is 0 Å². The van der Waals surface area contributed by atoms with E-state index in [4.69, 9.17) is 4.42 Å². The largest absolute Gasteiger partial charge is 0.422 e. The fraction of sp³-hybridized carbons (Fsp3) is 0.0227. The molecule has 11 rings (SSSR count). The topological polar surface area (TPSA) is 35.1 Å². The Balaban J connectivity index is 1.34. The van der Waals surface area contributed by atoms with Crippen LogP contribution in [0.15, 0.2) is 161 Å². The second-order valence-electron chi connectivity index (χ2n) is 12.7. The Bertz CT molecular complexity index is 2840. The molecule has 47 heavy (non-hydrogen) atoms. The van der Waals surface area contributed by atoms with Crippen molar-refractivity contribution >= 4 is 43.5 Å². The van der Waals surface area contributed by atoms with Crippen molar-refractivity contribution in [1.82, 2.24) is 4.57 Å². The van der Waals surface area contributed by atoms with Crippen LogP contribution in [0.25, 0.3) is 71.5 Å². The number of aromatic nitrogens is 1. The van der Waals surface area contributed by atoms with Crippen LogP contribution in [-0.4, -0.2) is 4.57 Å². The second-order valence-corrected chi connectivity index (χ2v) is 12.7. The number of hydrogen-bond acceptors (Lipinski definition) is 2. The molecule has 2 aliphatic rings. The van der Waals surface area contributed by atoms with Gasteiger partial charge in [-0.25, -0.2) is 4.79 Å². The zero-order chi connectivity index (χ0) is 30.9. The normalized spacial score (nSPS) is 13.8. The minimum atomic E-state index is -0.412. The van der Waals surface area contributed by atoms with Crippen LogP contribution in [0.2, 0.25) is 0 Å². The maximum atomic E-state index is 13.3. The molecule has 0 N–H and O–H groups in total. The summed E-state index contributed by atoms with van der Waals surface area (Å²) in [6, 6.07) is 54.0. The molecule has 7 aromatic carbocycles. The predicted octanol–water partition coefficient (Wildman–Crippen LogP) is 10.4. The Morgan fingerprint density at radius 2 is 1.04 bits per heavy atom. The quantitative estimate of drug-likeness (QED) is 0.139. The molecular formula is C44H25NO2. The molecule has 3 nitrogen and oxygen atoms in total. The lowest BCUT2D eigenvalue weighted by molar-refractivity contribution is 0.569. The van der Waals surface area contributed by atoms with Gasteiger partial charge in [0.25, 0.3) is 0 Å². The first-order valence-electron chi connectivity index (χ1n) is 16.1. The van der Waals surface area contributed by atoms with Gasteiger partial charge in [0.2, 0.25) is 0 Å². The molecule has 0 aliphatic heterocycles. The first-order valence-corrected chi connectivity index (χ1v) is 16.1. The highest BCUT2D eigenvalue weighted by molar-refractivity contribution is 6.20. The lowest BCUT2D eigenvalue weighted by atomic mass is 9.70. The van der Waals surface area contributed by atoms with Crippen molar-refractivity contribution in [2.45, 2.75) is 5.41 Å². The number of hydrogen-bond donors (Lipinski definition) is 0. The molecule has 2 heterocycles. The number of nitrogens with zero attached hydrogens (tertiary/aromatic N) is 1. The molecule has 218 valence electrons. The molecule has 0 amide bonds. The van der Waals surface area contributed by atoms with E-state index < -0.39 is 5.41 Å². The van der Waals surface area contributed by atoms with E-state index in [-0.39, 0.29) is 5.63 Å². The molecule has 0 bridgehead atoms. The smallest absolute Gasteiger partial charge is 0.344 e. The highest BCUT2D eigenvalue weighted by Gasteiger charge is 2.52. The molecule has 9 aromatic rings. The van der Waals surface area contributed by atoms with Crippen molar-refractivity contribution in [3.63, 3.8) is 0 Å². The van der Waals surface area contributed by atoms with E-state index in [1.165, 1.54) is 55.3 Å². The maximum absolute atomic E-state index is 13.3. The lowest BCUT2D eigenvalue weighted by Gasteiger charge is -2.30. The third-order valence-electron chi connectivity index (χ3n) is 10.7. The van der Waals surface area contributed by atoms with Crippen LogP contribution in [0.4, 0.5) is 0 Å². The molecule has 0 unspecified atom stereocenters. The Morgan fingerprint density at radius 3 is 1.81 bits per heavy atom. The van der Waals surface area contributed by atoms with Crippen LogP contribution < -0.4 is 5.63 Å². The average molecular weight is 600 g/mol. The van der Waals surface area contributed by atoms with Gasteiger partial charge in [0.05, 0.1) is 27.5 Å². The minimum Gasteiger partial charge on any atom is -0.422 e. The van der Waals surface area contributed by atoms with Gasteiger partial charge in [0.1, 0.15) is 5.58 Å². The first-order chi connectivity index (χ1) is 23.3. The zero-order valence-electron chi connectivity index (χ0n) is 25.2. The van der Waals surface area contributed by atoms with E-state index >= 15 is 0 Å². The highest BCUT2D eigenvalue weighted by Crippen LogP contribution is 2.64. The summed E-state index contributed by atoms with van der Waals surface area (Å²) in [7, 11) is 0. The van der Waals surface area contributed by atoms with Crippen LogP contribution in [-0.2, 0) is 5.41 Å². The van der Waals surface area contributed by atoms with Crippen LogP contribution in [0.3, 0.4) is 0 Å². The second kappa shape index (κ2) is 8.74. The number of para-hydroxylation sites is 2. The monoisotopic (exact) mass is 599 g/mol. The van der Waals surface area contributed by atoms with E-state index in [1.54, 1.807) is 0 Å². The van der Waals surface area contributed by atoms with Gasteiger partial charge in [0.15, 0.2) is 0 Å². The molecule has 2 aromatic heterocycles. The fourth-order valence-corrected chi connectivity index (χ4v) is 9.00. The lowest BCUT2D eigenvalue weighted by Crippen LogP contribution is -2.25. The third kappa shape index (κ3) is 2.91. The van der Waals surface area contributed by atoms with Gasteiger partial charge in [-0.2, -0.15) is 0 Å². The predicted molar refractivity (Wildman–Crippen MR) is 191 cm³/mol. The standard InChI is InChI=1S/C44H25NO2/c46-43-31-17-11-22-37(40(31)30-16-5-10-23-39(30)47-43)45-36-21-9-4-15-29(36)42-38(45)25-24-35-41(42)28-14-3-8-20-34(28)44(35)32-18-6-1-12-26(32)27-13-2-7-19-33(27)44/h1-25H. The van der Waals surface area contributed by atoms with Crippen LogP contribution >= 0.6 is 0 Å². The summed E-state index contributed by atoms with van der Waals surface area (Å²) >= 11 is 0. The van der Waals surface area contributed by atoms with Crippen molar-refractivity contribution < 1.29 is 4.42 Å². The van der Waals surface area contributed by atoms with Crippen LogP contribution in [0.5, 0.6) is 0 Å². The summed E-state index contributed by atoms with van der Waals surface area (Å²) in [4.78, 5) is 13.3.